The molecule has 0 bridgehead atoms. The van der Waals surface area contributed by atoms with Crippen LogP contribution in [0.25, 0.3) is 0 Å². The first kappa shape index (κ1) is 14.2. The number of esters is 1. The number of hydrogen-bond donors (Lipinski definition) is 0. The number of hydrogen-bond acceptors (Lipinski definition) is 4. The molecule has 0 radical (unpaired) electrons. The van der Waals surface area contributed by atoms with E-state index in [1.807, 2.05) is 18.2 Å². The van der Waals surface area contributed by atoms with Gasteiger partial charge in [-0.25, -0.2) is 4.79 Å². The van der Waals surface area contributed by atoms with E-state index in [0.717, 1.165) is 18.0 Å². The first-order valence-corrected chi connectivity index (χ1v) is 6.63. The number of benzene rings is 1. The molecule has 2 rings (SSSR count). The van der Waals surface area contributed by atoms with Crippen molar-refractivity contribution in [1.29, 1.82) is 0 Å². The molecule has 0 aliphatic carbocycles. The van der Waals surface area contributed by atoms with Crippen molar-refractivity contribution < 1.29 is 13.9 Å². The SMILES string of the molecule is CCN(Cc1cc(C(=O)OC)c(C)o1)c1ccccc1. The van der Waals surface area contributed by atoms with Crippen molar-refractivity contribution in [3.63, 3.8) is 0 Å². The lowest BCUT2D eigenvalue weighted by molar-refractivity contribution is 0.0599. The van der Waals surface area contributed by atoms with E-state index in [-0.39, 0.29) is 5.97 Å². The van der Waals surface area contributed by atoms with E-state index in [0.29, 0.717) is 17.9 Å². The van der Waals surface area contributed by atoms with Crippen LogP contribution in [0.4, 0.5) is 5.69 Å². The Balaban J connectivity index is 2.18. The van der Waals surface area contributed by atoms with Gasteiger partial charge in [0.15, 0.2) is 0 Å². The number of carbonyl (C=O) groups is 1. The molecule has 0 aliphatic heterocycles. The van der Waals surface area contributed by atoms with Crippen molar-refractivity contribution in [1.82, 2.24) is 0 Å². The van der Waals surface area contributed by atoms with Gasteiger partial charge in [-0.15, -0.1) is 0 Å². The third-order valence-electron chi connectivity index (χ3n) is 3.22. The van der Waals surface area contributed by atoms with E-state index in [9.17, 15) is 4.79 Å². The minimum atomic E-state index is -0.361. The summed E-state index contributed by atoms with van der Waals surface area (Å²) in [5, 5.41) is 0. The van der Waals surface area contributed by atoms with Crippen LogP contribution in [0, 0.1) is 6.92 Å². The number of carbonyl (C=O) groups excluding carboxylic acids is 1. The largest absolute Gasteiger partial charge is 0.465 e. The van der Waals surface area contributed by atoms with Crippen LogP contribution in [0.3, 0.4) is 0 Å². The topological polar surface area (TPSA) is 42.7 Å². The number of ether oxygens (including phenoxy) is 1. The van der Waals surface area contributed by atoms with Crippen LogP contribution in [0.1, 0.15) is 28.8 Å². The van der Waals surface area contributed by atoms with Gasteiger partial charge in [-0.2, -0.15) is 0 Å². The molecule has 0 N–H and O–H groups in total. The zero-order valence-electron chi connectivity index (χ0n) is 12.1. The highest BCUT2D eigenvalue weighted by Crippen LogP contribution is 2.20. The van der Waals surface area contributed by atoms with Crippen LogP contribution in [-0.4, -0.2) is 19.6 Å². The van der Waals surface area contributed by atoms with Gasteiger partial charge in [0.2, 0.25) is 0 Å². The van der Waals surface area contributed by atoms with Gasteiger partial charge in [0.25, 0.3) is 0 Å². The molecule has 0 atom stereocenters. The number of furan rings is 1. The molecule has 1 aromatic heterocycles. The smallest absolute Gasteiger partial charge is 0.341 e. The van der Waals surface area contributed by atoms with Crippen molar-refractivity contribution in [3.8, 4) is 0 Å². The minimum Gasteiger partial charge on any atom is -0.465 e. The fraction of sp³-hybridized carbons (Fsp3) is 0.312. The van der Waals surface area contributed by atoms with Gasteiger partial charge < -0.3 is 14.1 Å². The van der Waals surface area contributed by atoms with Crippen LogP contribution in [0.2, 0.25) is 0 Å². The molecule has 0 saturated carbocycles. The van der Waals surface area contributed by atoms with Crippen molar-refractivity contribution in [2.45, 2.75) is 20.4 Å². The van der Waals surface area contributed by atoms with E-state index in [4.69, 9.17) is 9.15 Å². The first-order chi connectivity index (χ1) is 9.65. The Kier molecular flexibility index (Phi) is 4.45. The lowest BCUT2D eigenvalue weighted by atomic mass is 10.2. The Morgan fingerprint density at radius 1 is 1.30 bits per heavy atom. The molecule has 0 spiro atoms. The van der Waals surface area contributed by atoms with Crippen LogP contribution in [0.15, 0.2) is 40.8 Å². The molecule has 1 heterocycles. The van der Waals surface area contributed by atoms with E-state index < -0.39 is 0 Å². The molecule has 2 aromatic rings. The monoisotopic (exact) mass is 273 g/mol. The number of methoxy groups -OCH3 is 1. The van der Waals surface area contributed by atoms with Crippen molar-refractivity contribution in [2.24, 2.45) is 0 Å². The maximum absolute atomic E-state index is 11.6. The maximum atomic E-state index is 11.6. The third kappa shape index (κ3) is 3.02. The summed E-state index contributed by atoms with van der Waals surface area (Å²) in [6, 6.07) is 11.9. The van der Waals surface area contributed by atoms with Gasteiger partial charge in [-0.05, 0) is 32.0 Å². The highest BCUT2D eigenvalue weighted by Gasteiger charge is 2.16. The minimum absolute atomic E-state index is 0.361. The predicted molar refractivity (Wildman–Crippen MR) is 78.0 cm³/mol. The fourth-order valence-electron chi connectivity index (χ4n) is 2.15. The molecular formula is C16H19NO3. The summed E-state index contributed by atoms with van der Waals surface area (Å²) in [6.45, 7) is 5.34. The Morgan fingerprint density at radius 2 is 2.00 bits per heavy atom. The normalized spacial score (nSPS) is 10.3. The van der Waals surface area contributed by atoms with E-state index in [1.165, 1.54) is 7.11 Å². The predicted octanol–water partition coefficient (Wildman–Crippen LogP) is 3.40. The number of nitrogens with zero attached hydrogens (tertiary/aromatic N) is 1. The van der Waals surface area contributed by atoms with Gasteiger partial charge >= 0.3 is 5.97 Å². The van der Waals surface area contributed by atoms with Crippen LogP contribution in [-0.2, 0) is 11.3 Å². The Hall–Kier alpha value is -2.23. The molecule has 0 aliphatic rings. The van der Waals surface area contributed by atoms with Crippen LogP contribution < -0.4 is 4.90 Å². The lowest BCUT2D eigenvalue weighted by Gasteiger charge is -2.21. The molecule has 1 aromatic carbocycles. The summed E-state index contributed by atoms with van der Waals surface area (Å²) < 4.78 is 10.4. The number of rotatable bonds is 5. The summed E-state index contributed by atoms with van der Waals surface area (Å²) >= 11 is 0. The summed E-state index contributed by atoms with van der Waals surface area (Å²) in [4.78, 5) is 13.8. The molecule has 0 amide bonds. The van der Waals surface area contributed by atoms with Gasteiger partial charge in [0.1, 0.15) is 17.1 Å². The second kappa shape index (κ2) is 6.28. The van der Waals surface area contributed by atoms with Crippen molar-refractivity contribution in [2.75, 3.05) is 18.6 Å². The average Bonchev–Trinajstić information content (AvgIpc) is 2.85. The van der Waals surface area contributed by atoms with Crippen LogP contribution >= 0.6 is 0 Å². The zero-order valence-corrected chi connectivity index (χ0v) is 12.1. The highest BCUT2D eigenvalue weighted by atomic mass is 16.5. The summed E-state index contributed by atoms with van der Waals surface area (Å²) in [5.41, 5.74) is 1.62. The molecule has 0 fully saturated rings. The van der Waals surface area contributed by atoms with Gasteiger partial charge in [0.05, 0.1) is 13.7 Å². The standard InChI is InChI=1S/C16H19NO3/c1-4-17(13-8-6-5-7-9-13)11-14-10-15(12(2)20-14)16(18)19-3/h5-10H,4,11H2,1-3H3. The third-order valence-corrected chi connectivity index (χ3v) is 3.22. The van der Waals surface area contributed by atoms with E-state index >= 15 is 0 Å². The van der Waals surface area contributed by atoms with Crippen LogP contribution in [0.5, 0.6) is 0 Å². The second-order valence-electron chi connectivity index (χ2n) is 4.52. The Bertz CT molecular complexity index is 575. The molecule has 4 heteroatoms. The number of aryl methyl sites for hydroxylation is 1. The van der Waals surface area contributed by atoms with Gasteiger partial charge in [-0.3, -0.25) is 0 Å². The average molecular weight is 273 g/mol. The molecule has 106 valence electrons. The fourth-order valence-corrected chi connectivity index (χ4v) is 2.15. The molecule has 20 heavy (non-hydrogen) atoms. The zero-order chi connectivity index (χ0) is 14.5. The maximum Gasteiger partial charge on any atom is 0.341 e. The van der Waals surface area contributed by atoms with Crippen molar-refractivity contribution >= 4 is 11.7 Å². The number of anilines is 1. The van der Waals surface area contributed by atoms with E-state index in [1.54, 1.807) is 13.0 Å². The second-order valence-corrected chi connectivity index (χ2v) is 4.52. The van der Waals surface area contributed by atoms with Gasteiger partial charge in [0, 0.05) is 12.2 Å². The summed E-state index contributed by atoms with van der Waals surface area (Å²) in [5.74, 6) is 0.991. The van der Waals surface area contributed by atoms with E-state index in [2.05, 4.69) is 24.0 Å². The molecular weight excluding hydrogens is 254 g/mol. The highest BCUT2D eigenvalue weighted by molar-refractivity contribution is 5.90. The Labute approximate surface area is 119 Å². The lowest BCUT2D eigenvalue weighted by Crippen LogP contribution is -2.21. The molecule has 4 nitrogen and oxygen atoms in total. The van der Waals surface area contributed by atoms with Gasteiger partial charge in [-0.1, -0.05) is 18.2 Å². The first-order valence-electron chi connectivity index (χ1n) is 6.63. The van der Waals surface area contributed by atoms with Crippen molar-refractivity contribution in [3.05, 3.63) is 53.5 Å². The Morgan fingerprint density at radius 3 is 2.60 bits per heavy atom. The molecule has 0 unspecified atom stereocenters. The quantitative estimate of drug-likeness (QED) is 0.783. The summed E-state index contributed by atoms with van der Waals surface area (Å²) in [6.07, 6.45) is 0. The summed E-state index contributed by atoms with van der Waals surface area (Å²) in [7, 11) is 1.37. The number of para-hydroxylation sites is 1. The molecule has 0 saturated heterocycles.